The second-order valence-electron chi connectivity index (χ2n) is 6.01. The number of carbonyl (C=O) groups excluding carboxylic acids is 3. The van der Waals surface area contributed by atoms with Crippen molar-refractivity contribution in [2.45, 2.75) is 33.4 Å². The van der Waals surface area contributed by atoms with Gasteiger partial charge in [0, 0.05) is 16.8 Å². The van der Waals surface area contributed by atoms with Crippen molar-refractivity contribution >= 4 is 62.3 Å². The number of nitrogens with two attached hydrogens (primary N) is 1. The quantitative estimate of drug-likeness (QED) is 0.553. The van der Waals surface area contributed by atoms with Crippen molar-refractivity contribution in [3.05, 3.63) is 21.9 Å². The van der Waals surface area contributed by atoms with Gasteiger partial charge in [0.1, 0.15) is 4.88 Å². The maximum Gasteiger partial charge on any atom is 0.348 e. The van der Waals surface area contributed by atoms with E-state index in [0.29, 0.717) is 4.88 Å². The molecule has 2 amide bonds. The number of halogens is 1. The molecule has 0 radical (unpaired) electrons. The summed E-state index contributed by atoms with van der Waals surface area (Å²) in [6.07, 6.45) is 0. The Bertz CT molecular complexity index is 803. The first kappa shape index (κ1) is 23.4. The Balaban J connectivity index is 0.00000364. The zero-order chi connectivity index (χ0) is 19.3. The number of hydrogen-bond acceptors (Lipinski definition) is 7. The molecule has 0 unspecified atom stereocenters. The predicted molar refractivity (Wildman–Crippen MR) is 111 cm³/mol. The molecule has 0 aromatic carbocycles. The van der Waals surface area contributed by atoms with Gasteiger partial charge in [0.2, 0.25) is 11.8 Å². The fourth-order valence-corrected chi connectivity index (χ4v) is 4.50. The van der Waals surface area contributed by atoms with Gasteiger partial charge < -0.3 is 21.1 Å². The summed E-state index contributed by atoms with van der Waals surface area (Å²) in [5, 5.41) is 7.20. The first-order chi connectivity index (χ1) is 12.3. The Hall–Kier alpha value is -1.68. The van der Waals surface area contributed by atoms with Crippen molar-refractivity contribution in [1.29, 1.82) is 0 Å². The largest absolute Gasteiger partial charge is 0.462 e. The summed E-state index contributed by atoms with van der Waals surface area (Å²) in [6, 6.07) is 1.28. The summed E-state index contributed by atoms with van der Waals surface area (Å²) in [5.74, 6) is -1.11. The number of ether oxygens (including phenoxy) is 1. The molecule has 2 rings (SSSR count). The molecule has 2 aromatic heterocycles. The Morgan fingerprint density at radius 3 is 2.59 bits per heavy atom. The molecule has 0 aliphatic carbocycles. The van der Waals surface area contributed by atoms with Crippen LogP contribution in [0.5, 0.6) is 0 Å². The molecule has 10 heteroatoms. The maximum absolute atomic E-state index is 12.1. The maximum atomic E-state index is 12.1. The monoisotopic (exact) mass is 433 g/mol. The number of thiophene rings is 2. The SMILES string of the molecule is CCOC(=O)c1sc2ccsc2c1CNC(=O)CNC(=O)[C@@H](N)C(C)C.Cl. The lowest BCUT2D eigenvalue weighted by Crippen LogP contribution is -2.47. The van der Waals surface area contributed by atoms with Crippen LogP contribution in [0, 0.1) is 5.92 Å². The highest BCUT2D eigenvalue weighted by molar-refractivity contribution is 7.28. The van der Waals surface area contributed by atoms with Crippen LogP contribution in [0.1, 0.15) is 36.0 Å². The van der Waals surface area contributed by atoms with Crippen molar-refractivity contribution in [3.63, 3.8) is 0 Å². The van der Waals surface area contributed by atoms with Crippen LogP contribution < -0.4 is 16.4 Å². The van der Waals surface area contributed by atoms with E-state index in [0.717, 1.165) is 15.0 Å². The van der Waals surface area contributed by atoms with Crippen LogP contribution in [0.25, 0.3) is 9.40 Å². The molecule has 7 nitrogen and oxygen atoms in total. The number of amides is 2. The number of fused-ring (bicyclic) bond motifs is 1. The second-order valence-corrected chi connectivity index (χ2v) is 7.98. The van der Waals surface area contributed by atoms with Gasteiger partial charge in [-0.05, 0) is 24.3 Å². The van der Waals surface area contributed by atoms with E-state index in [2.05, 4.69) is 10.6 Å². The van der Waals surface area contributed by atoms with Crippen molar-refractivity contribution in [3.8, 4) is 0 Å². The zero-order valence-corrected chi connectivity index (χ0v) is 17.8. The zero-order valence-electron chi connectivity index (χ0n) is 15.4. The van der Waals surface area contributed by atoms with Crippen LogP contribution in [0.4, 0.5) is 0 Å². The van der Waals surface area contributed by atoms with Crippen molar-refractivity contribution in [2.24, 2.45) is 11.7 Å². The van der Waals surface area contributed by atoms with E-state index in [4.69, 9.17) is 10.5 Å². The molecule has 150 valence electrons. The molecule has 0 saturated heterocycles. The Labute approximate surface area is 172 Å². The minimum absolute atomic E-state index is 0. The van der Waals surface area contributed by atoms with E-state index in [1.807, 2.05) is 25.3 Å². The molecule has 0 saturated carbocycles. The number of esters is 1. The van der Waals surface area contributed by atoms with Gasteiger partial charge in [0.05, 0.1) is 23.9 Å². The molecule has 2 heterocycles. The Morgan fingerprint density at radius 2 is 1.96 bits per heavy atom. The summed E-state index contributed by atoms with van der Waals surface area (Å²) >= 11 is 2.87. The molecule has 0 aliphatic heterocycles. The minimum atomic E-state index is -0.652. The van der Waals surface area contributed by atoms with Crippen molar-refractivity contribution in [1.82, 2.24) is 10.6 Å². The van der Waals surface area contributed by atoms with Gasteiger partial charge in [-0.3, -0.25) is 9.59 Å². The molecule has 0 spiro atoms. The van der Waals surface area contributed by atoms with Crippen LogP contribution in [0.2, 0.25) is 0 Å². The van der Waals surface area contributed by atoms with Crippen LogP contribution in [-0.2, 0) is 20.9 Å². The number of hydrogen-bond donors (Lipinski definition) is 3. The van der Waals surface area contributed by atoms with E-state index in [1.165, 1.54) is 22.7 Å². The van der Waals surface area contributed by atoms with E-state index in [-0.39, 0.29) is 55.8 Å². The lowest BCUT2D eigenvalue weighted by Gasteiger charge is -2.15. The highest BCUT2D eigenvalue weighted by Gasteiger charge is 2.21. The van der Waals surface area contributed by atoms with E-state index in [1.54, 1.807) is 6.92 Å². The third-order valence-corrected chi connectivity index (χ3v) is 6.04. The summed E-state index contributed by atoms with van der Waals surface area (Å²) in [4.78, 5) is 36.5. The molecular weight excluding hydrogens is 410 g/mol. The molecule has 0 aliphatic rings. The van der Waals surface area contributed by atoms with Gasteiger partial charge in [-0.15, -0.1) is 35.1 Å². The number of rotatable bonds is 8. The van der Waals surface area contributed by atoms with Crippen molar-refractivity contribution < 1.29 is 19.1 Å². The highest BCUT2D eigenvalue weighted by atomic mass is 35.5. The average molecular weight is 434 g/mol. The normalized spacial score (nSPS) is 11.7. The van der Waals surface area contributed by atoms with Gasteiger partial charge >= 0.3 is 5.97 Å². The lowest BCUT2D eigenvalue weighted by atomic mass is 10.1. The predicted octanol–water partition coefficient (Wildman–Crippen LogP) is 2.28. The standard InChI is InChI=1S/C17H23N3O4S2.ClH/c1-4-24-17(23)15-10(14-11(26-15)5-6-25-14)7-19-12(21)8-20-16(22)13(18)9(2)3;/h5-6,9,13H,4,7-8,18H2,1-3H3,(H,19,21)(H,20,22);1H/t13-;/m0./s1. The van der Waals surface area contributed by atoms with Gasteiger partial charge in [-0.2, -0.15) is 0 Å². The van der Waals surface area contributed by atoms with Crippen LogP contribution in [0.15, 0.2) is 11.4 Å². The van der Waals surface area contributed by atoms with Crippen LogP contribution in [0.3, 0.4) is 0 Å². The molecule has 2 aromatic rings. The Morgan fingerprint density at radius 1 is 1.26 bits per heavy atom. The smallest absolute Gasteiger partial charge is 0.348 e. The fourth-order valence-electron chi connectivity index (χ4n) is 2.23. The van der Waals surface area contributed by atoms with Gasteiger partial charge in [0.25, 0.3) is 0 Å². The van der Waals surface area contributed by atoms with Gasteiger partial charge in [-0.1, -0.05) is 13.8 Å². The van der Waals surface area contributed by atoms with Gasteiger partial charge in [0.15, 0.2) is 0 Å². The van der Waals surface area contributed by atoms with Gasteiger partial charge in [-0.25, -0.2) is 4.79 Å². The summed E-state index contributed by atoms with van der Waals surface area (Å²) < 4.78 is 7.04. The summed E-state index contributed by atoms with van der Waals surface area (Å²) in [6.45, 7) is 5.75. The Kier molecular flexibility index (Phi) is 9.17. The number of carbonyl (C=O) groups is 3. The molecule has 0 bridgehead atoms. The molecule has 1 atom stereocenters. The van der Waals surface area contributed by atoms with E-state index >= 15 is 0 Å². The number of nitrogens with one attached hydrogen (secondary N) is 2. The topological polar surface area (TPSA) is 111 Å². The third kappa shape index (κ3) is 5.90. The minimum Gasteiger partial charge on any atom is -0.462 e. The molecule has 27 heavy (non-hydrogen) atoms. The molecular formula is C17H24ClN3O4S2. The van der Waals surface area contributed by atoms with Crippen molar-refractivity contribution in [2.75, 3.05) is 13.2 Å². The van der Waals surface area contributed by atoms with E-state index in [9.17, 15) is 14.4 Å². The first-order valence-corrected chi connectivity index (χ1v) is 10.0. The van der Waals surface area contributed by atoms with Crippen LogP contribution in [-0.4, -0.2) is 37.0 Å². The van der Waals surface area contributed by atoms with Crippen LogP contribution >= 0.6 is 35.1 Å². The van der Waals surface area contributed by atoms with E-state index < -0.39 is 6.04 Å². The molecule has 4 N–H and O–H groups in total. The third-order valence-electron chi connectivity index (χ3n) is 3.76. The average Bonchev–Trinajstić information content (AvgIpc) is 3.18. The lowest BCUT2D eigenvalue weighted by molar-refractivity contribution is -0.127. The summed E-state index contributed by atoms with van der Waals surface area (Å²) in [5.41, 5.74) is 6.48. The second kappa shape index (κ2) is 10.6. The summed E-state index contributed by atoms with van der Waals surface area (Å²) in [7, 11) is 0. The highest BCUT2D eigenvalue weighted by Crippen LogP contribution is 2.35. The molecule has 0 fully saturated rings. The fraction of sp³-hybridized carbons (Fsp3) is 0.471. The first-order valence-electron chi connectivity index (χ1n) is 8.31.